The average Bonchev–Trinajstić information content (AvgIpc) is 3.52. The number of ether oxygens (including phenoxy) is 1. The summed E-state index contributed by atoms with van der Waals surface area (Å²) in [5.74, 6) is -1.74. The fraction of sp³-hybridized carbons (Fsp3) is 0.514. The highest BCUT2D eigenvalue weighted by molar-refractivity contribution is 7.13. The molecule has 0 spiro atoms. The number of methoxy groups -OCH3 is 1. The molecule has 4 heterocycles. The first kappa shape index (κ1) is 35.1. The van der Waals surface area contributed by atoms with Gasteiger partial charge in [-0.15, -0.1) is 16.4 Å². The number of rotatable bonds is 6. The Morgan fingerprint density at radius 2 is 1.86 bits per heavy atom. The summed E-state index contributed by atoms with van der Waals surface area (Å²) in [6.45, 7) is 5.63. The molecule has 266 valence electrons. The Morgan fingerprint density at radius 3 is 2.54 bits per heavy atom. The lowest BCUT2D eigenvalue weighted by atomic mass is 10.0. The molecular formula is C35H44N8O6S. The fourth-order valence-electron chi connectivity index (χ4n) is 6.69. The van der Waals surface area contributed by atoms with Gasteiger partial charge in [0.2, 0.25) is 11.8 Å². The largest absolute Gasteiger partial charge is 0.497 e. The second-order valence-corrected chi connectivity index (χ2v) is 15.1. The van der Waals surface area contributed by atoms with Crippen LogP contribution in [-0.2, 0) is 14.4 Å². The van der Waals surface area contributed by atoms with Crippen molar-refractivity contribution in [3.63, 3.8) is 0 Å². The van der Waals surface area contributed by atoms with Gasteiger partial charge in [0.1, 0.15) is 39.8 Å². The molecule has 4 unspecified atom stereocenters. The first-order valence-corrected chi connectivity index (χ1v) is 17.9. The summed E-state index contributed by atoms with van der Waals surface area (Å²) in [5, 5.41) is 31.0. The third-order valence-corrected chi connectivity index (χ3v) is 10.2. The van der Waals surface area contributed by atoms with Gasteiger partial charge < -0.3 is 30.7 Å². The van der Waals surface area contributed by atoms with Gasteiger partial charge >= 0.3 is 12.0 Å². The van der Waals surface area contributed by atoms with Gasteiger partial charge in [0, 0.05) is 41.6 Å². The molecule has 1 saturated heterocycles. The molecule has 5 atom stereocenters. The van der Waals surface area contributed by atoms with Crippen molar-refractivity contribution in [2.75, 3.05) is 13.7 Å². The van der Waals surface area contributed by atoms with Crippen LogP contribution < -0.4 is 20.7 Å². The van der Waals surface area contributed by atoms with Crippen LogP contribution in [0.2, 0.25) is 0 Å². The summed E-state index contributed by atoms with van der Waals surface area (Å²) >= 11 is 1.42. The van der Waals surface area contributed by atoms with E-state index < -0.39 is 53.0 Å². The maximum Gasteiger partial charge on any atom is 0.330 e. The number of carboxylic acids is 1. The Hall–Kier alpha value is -4.79. The fourth-order valence-corrected chi connectivity index (χ4v) is 7.31. The molecule has 0 radical (unpaired) electrons. The number of carbonyl (C=O) groups excluding carboxylic acids is 3. The normalized spacial score (nSPS) is 26.4. The quantitative estimate of drug-likeness (QED) is 0.274. The predicted octanol–water partition coefficient (Wildman–Crippen LogP) is 4.17. The molecule has 1 saturated carbocycles. The molecule has 14 nitrogen and oxygen atoms in total. The van der Waals surface area contributed by atoms with Gasteiger partial charge in [0.25, 0.3) is 0 Å². The lowest BCUT2D eigenvalue weighted by Crippen LogP contribution is -2.58. The van der Waals surface area contributed by atoms with Gasteiger partial charge in [-0.3, -0.25) is 9.59 Å². The van der Waals surface area contributed by atoms with Crippen molar-refractivity contribution in [2.45, 2.75) is 94.9 Å². The standard InChI is InChI=1S/C35H44N8O6S/c1-34(2,3)39-33(48)37-25-11-9-7-5-6-8-10-22-19-35(22,32(46)47)38-29(44)26-18-23(20-42(26)31(25)45)43-40-27(21-12-14-24(49-4)15-13-21)28(41-43)30-36-16-17-50-30/h8,10,12-17,22-23,25-26H,5-7,9,11,18-20H2,1-4H3,(H,38,44)(H,46,47)(H2,37,39,48)/b10-8-/t22?,23-,25?,26?,35?/m1/s1. The van der Waals surface area contributed by atoms with Gasteiger partial charge in [-0.2, -0.15) is 9.90 Å². The Bertz CT molecular complexity index is 1750. The number of allylic oxidation sites excluding steroid dienone is 1. The number of amides is 4. The minimum absolute atomic E-state index is 0.0768. The minimum Gasteiger partial charge on any atom is -0.497 e. The van der Waals surface area contributed by atoms with Crippen LogP contribution in [0.5, 0.6) is 5.75 Å². The van der Waals surface area contributed by atoms with Crippen LogP contribution in [0.4, 0.5) is 4.79 Å². The van der Waals surface area contributed by atoms with E-state index in [1.807, 2.05) is 62.6 Å². The number of nitrogens with zero attached hydrogens (tertiary/aromatic N) is 5. The summed E-state index contributed by atoms with van der Waals surface area (Å²) in [4.78, 5) is 61.5. The maximum atomic E-state index is 14.4. The third-order valence-electron chi connectivity index (χ3n) is 9.39. The summed E-state index contributed by atoms with van der Waals surface area (Å²) in [5.41, 5.74) is -0.0439. The first-order chi connectivity index (χ1) is 23.9. The molecule has 1 aromatic carbocycles. The number of benzene rings is 1. The summed E-state index contributed by atoms with van der Waals surface area (Å²) in [6.07, 6.45) is 9.44. The highest BCUT2D eigenvalue weighted by Crippen LogP contribution is 2.45. The molecule has 4 amide bonds. The van der Waals surface area contributed by atoms with Crippen molar-refractivity contribution in [1.82, 2.24) is 40.8 Å². The topological polar surface area (TPSA) is 181 Å². The Morgan fingerprint density at radius 1 is 1.10 bits per heavy atom. The third kappa shape index (κ3) is 7.52. The van der Waals surface area contributed by atoms with Gasteiger partial charge in [-0.1, -0.05) is 25.0 Å². The molecule has 2 aliphatic heterocycles. The zero-order valence-electron chi connectivity index (χ0n) is 28.7. The molecule has 1 aliphatic carbocycles. The van der Waals surface area contributed by atoms with Gasteiger partial charge in [-0.25, -0.2) is 14.6 Å². The van der Waals surface area contributed by atoms with Gasteiger partial charge in [0.15, 0.2) is 0 Å². The molecule has 3 aromatic rings. The smallest absolute Gasteiger partial charge is 0.330 e. The molecule has 2 fully saturated rings. The van der Waals surface area contributed by atoms with Gasteiger partial charge in [-0.05, 0) is 70.7 Å². The zero-order chi connectivity index (χ0) is 35.6. The van der Waals surface area contributed by atoms with E-state index in [2.05, 4.69) is 20.9 Å². The van der Waals surface area contributed by atoms with Crippen LogP contribution in [-0.4, -0.2) is 90.6 Å². The number of nitrogens with one attached hydrogen (secondary N) is 3. The molecule has 2 aromatic heterocycles. The summed E-state index contributed by atoms with van der Waals surface area (Å²) in [7, 11) is 1.59. The first-order valence-electron chi connectivity index (χ1n) is 17.0. The number of hydrogen-bond acceptors (Lipinski definition) is 9. The number of aromatic nitrogens is 4. The highest BCUT2D eigenvalue weighted by Gasteiger charge is 2.61. The van der Waals surface area contributed by atoms with E-state index in [9.17, 15) is 24.3 Å². The number of carboxylic acid groups (broad SMARTS) is 1. The molecule has 15 heteroatoms. The number of thiazole rings is 1. The maximum absolute atomic E-state index is 14.4. The predicted molar refractivity (Wildman–Crippen MR) is 186 cm³/mol. The van der Waals surface area contributed by atoms with Crippen molar-refractivity contribution in [3.8, 4) is 27.7 Å². The van der Waals surface area contributed by atoms with Crippen molar-refractivity contribution >= 4 is 35.2 Å². The van der Waals surface area contributed by atoms with Gasteiger partial charge in [0.05, 0.1) is 13.2 Å². The second-order valence-electron chi connectivity index (χ2n) is 14.2. The van der Waals surface area contributed by atoms with Crippen LogP contribution in [0.25, 0.3) is 22.0 Å². The molecule has 50 heavy (non-hydrogen) atoms. The number of hydrogen-bond donors (Lipinski definition) is 4. The lowest BCUT2D eigenvalue weighted by molar-refractivity contribution is -0.145. The van der Waals surface area contributed by atoms with Crippen LogP contribution in [0.3, 0.4) is 0 Å². The zero-order valence-corrected chi connectivity index (χ0v) is 29.5. The van der Waals surface area contributed by atoms with Crippen LogP contribution >= 0.6 is 11.3 Å². The van der Waals surface area contributed by atoms with E-state index in [1.54, 1.807) is 13.3 Å². The highest BCUT2D eigenvalue weighted by atomic mass is 32.1. The van der Waals surface area contributed by atoms with E-state index in [-0.39, 0.29) is 25.3 Å². The van der Waals surface area contributed by atoms with Crippen molar-refractivity contribution in [3.05, 3.63) is 48.0 Å². The molecule has 6 rings (SSSR count). The number of urea groups is 1. The Balaban J connectivity index is 1.35. The SMILES string of the molecule is COc1ccc(-c2nn([C@@H]3CC4C(=O)NC5(C(=O)O)CC5/C=C\CCCCCC(NC(=O)NC(C)(C)C)C(=O)N4C3)nc2-c2nccs2)cc1. The Labute approximate surface area is 294 Å². The summed E-state index contributed by atoms with van der Waals surface area (Å²) in [6, 6.07) is 4.49. The van der Waals surface area contributed by atoms with E-state index in [1.165, 1.54) is 21.0 Å². The van der Waals surface area contributed by atoms with E-state index >= 15 is 0 Å². The summed E-state index contributed by atoms with van der Waals surface area (Å²) < 4.78 is 5.33. The Kier molecular flexibility index (Phi) is 9.96. The number of fused-ring (bicyclic) bond motifs is 2. The average molecular weight is 705 g/mol. The van der Waals surface area contributed by atoms with Crippen LogP contribution in [0.1, 0.15) is 71.8 Å². The van der Waals surface area contributed by atoms with E-state index in [4.69, 9.17) is 14.9 Å². The van der Waals surface area contributed by atoms with E-state index in [0.717, 1.165) is 24.8 Å². The van der Waals surface area contributed by atoms with Crippen molar-refractivity contribution in [1.29, 1.82) is 0 Å². The van der Waals surface area contributed by atoms with Crippen molar-refractivity contribution < 1.29 is 29.0 Å². The molecular weight excluding hydrogens is 661 g/mol. The lowest BCUT2D eigenvalue weighted by Gasteiger charge is -2.30. The van der Waals surface area contributed by atoms with E-state index in [0.29, 0.717) is 35.0 Å². The molecule has 0 bridgehead atoms. The molecule has 3 aliphatic rings. The van der Waals surface area contributed by atoms with Crippen molar-refractivity contribution in [2.24, 2.45) is 5.92 Å². The molecule has 4 N–H and O–H groups in total. The van der Waals surface area contributed by atoms with Crippen LogP contribution in [0, 0.1) is 5.92 Å². The van der Waals surface area contributed by atoms with Crippen LogP contribution in [0.15, 0.2) is 48.0 Å². The number of aliphatic carboxylic acids is 1. The number of carbonyl (C=O) groups is 4. The minimum atomic E-state index is -1.44. The second kappa shape index (κ2) is 14.2. The monoisotopic (exact) mass is 704 g/mol.